The molecule has 3 heteroatoms. The fourth-order valence-electron chi connectivity index (χ4n) is 1.93. The molecule has 3 nitrogen and oxygen atoms in total. The molecule has 0 aromatic carbocycles. The Morgan fingerprint density at radius 1 is 1.54 bits per heavy atom. The summed E-state index contributed by atoms with van der Waals surface area (Å²) in [4.78, 5) is 2.39. The summed E-state index contributed by atoms with van der Waals surface area (Å²) in [7, 11) is 0. The Hall–Kier alpha value is -0.120. The summed E-state index contributed by atoms with van der Waals surface area (Å²) in [5, 5.41) is 12.7. The van der Waals surface area contributed by atoms with E-state index in [1.165, 1.54) is 6.42 Å². The maximum absolute atomic E-state index is 9.24. The van der Waals surface area contributed by atoms with Crippen molar-refractivity contribution in [2.45, 2.75) is 45.3 Å². The Bertz CT molecular complexity index is 150. The van der Waals surface area contributed by atoms with Crippen LogP contribution in [0.5, 0.6) is 0 Å². The molecule has 1 fully saturated rings. The summed E-state index contributed by atoms with van der Waals surface area (Å²) in [6.45, 7) is 8.86. The largest absolute Gasteiger partial charge is 0.395 e. The lowest BCUT2D eigenvalue weighted by atomic mass is 10.2. The molecular weight excluding hydrogens is 164 g/mol. The van der Waals surface area contributed by atoms with Gasteiger partial charge in [0.1, 0.15) is 0 Å². The molecule has 78 valence electrons. The van der Waals surface area contributed by atoms with Gasteiger partial charge in [0.05, 0.1) is 6.61 Å². The van der Waals surface area contributed by atoms with Crippen LogP contribution in [-0.2, 0) is 0 Å². The van der Waals surface area contributed by atoms with Crippen LogP contribution >= 0.6 is 0 Å². The molecule has 1 aliphatic rings. The molecule has 0 saturated carbocycles. The topological polar surface area (TPSA) is 35.5 Å². The summed E-state index contributed by atoms with van der Waals surface area (Å²) in [6, 6.07) is 1.41. The molecule has 0 bridgehead atoms. The van der Waals surface area contributed by atoms with Gasteiger partial charge in [0.25, 0.3) is 0 Å². The number of rotatable bonds is 2. The first-order valence-electron chi connectivity index (χ1n) is 5.25. The number of nitrogens with zero attached hydrogens (tertiary/aromatic N) is 1. The molecule has 0 amide bonds. The van der Waals surface area contributed by atoms with Gasteiger partial charge in [-0.05, 0) is 27.2 Å². The van der Waals surface area contributed by atoms with Crippen molar-refractivity contribution in [1.29, 1.82) is 0 Å². The van der Waals surface area contributed by atoms with E-state index in [2.05, 4.69) is 31.0 Å². The van der Waals surface area contributed by atoms with Gasteiger partial charge in [-0.3, -0.25) is 4.90 Å². The van der Waals surface area contributed by atoms with Crippen molar-refractivity contribution < 1.29 is 5.11 Å². The minimum Gasteiger partial charge on any atom is -0.395 e. The molecule has 0 aliphatic carbocycles. The number of hydrogen-bond acceptors (Lipinski definition) is 3. The predicted octanol–water partition coefficient (Wildman–Crippen LogP) is 0.439. The van der Waals surface area contributed by atoms with Gasteiger partial charge in [-0.2, -0.15) is 0 Å². The van der Waals surface area contributed by atoms with Crippen LogP contribution in [-0.4, -0.2) is 47.8 Å². The highest BCUT2D eigenvalue weighted by atomic mass is 16.3. The lowest BCUT2D eigenvalue weighted by Crippen LogP contribution is -2.46. The monoisotopic (exact) mass is 186 g/mol. The molecular formula is C10H22N2O. The van der Waals surface area contributed by atoms with Crippen LogP contribution in [0, 0.1) is 0 Å². The van der Waals surface area contributed by atoms with E-state index in [9.17, 15) is 5.11 Å². The van der Waals surface area contributed by atoms with E-state index < -0.39 is 0 Å². The average Bonchev–Trinajstić information content (AvgIpc) is 2.26. The number of aliphatic hydroxyl groups is 1. The predicted molar refractivity (Wildman–Crippen MR) is 54.8 cm³/mol. The number of hydrogen-bond donors (Lipinski definition) is 2. The summed E-state index contributed by atoms with van der Waals surface area (Å²) >= 11 is 0. The number of nitrogens with one attached hydrogen (secondary N) is 1. The second-order valence-electron chi connectivity index (χ2n) is 4.27. The maximum atomic E-state index is 9.24. The van der Waals surface area contributed by atoms with Crippen molar-refractivity contribution in [3.63, 3.8) is 0 Å². The van der Waals surface area contributed by atoms with Crippen LogP contribution in [0.25, 0.3) is 0 Å². The quantitative estimate of drug-likeness (QED) is 0.657. The first kappa shape index (κ1) is 11.0. The third-order valence-corrected chi connectivity index (χ3v) is 2.87. The van der Waals surface area contributed by atoms with E-state index in [1.807, 2.05) is 0 Å². The highest BCUT2D eigenvalue weighted by Crippen LogP contribution is 2.10. The van der Waals surface area contributed by atoms with Gasteiger partial charge in [0, 0.05) is 31.2 Å². The van der Waals surface area contributed by atoms with Crippen molar-refractivity contribution in [2.75, 3.05) is 19.7 Å². The van der Waals surface area contributed by atoms with Crippen molar-refractivity contribution >= 4 is 0 Å². The van der Waals surface area contributed by atoms with Crippen molar-refractivity contribution in [1.82, 2.24) is 10.2 Å². The smallest absolute Gasteiger partial charge is 0.0599 e. The van der Waals surface area contributed by atoms with E-state index in [4.69, 9.17) is 0 Å². The first-order chi connectivity index (χ1) is 6.15. The van der Waals surface area contributed by atoms with Gasteiger partial charge < -0.3 is 10.4 Å². The molecule has 2 atom stereocenters. The zero-order valence-electron chi connectivity index (χ0n) is 8.95. The summed E-state index contributed by atoms with van der Waals surface area (Å²) < 4.78 is 0. The summed E-state index contributed by atoms with van der Waals surface area (Å²) in [5.74, 6) is 0. The van der Waals surface area contributed by atoms with Crippen molar-refractivity contribution in [2.24, 2.45) is 0 Å². The second kappa shape index (κ2) is 4.94. The van der Waals surface area contributed by atoms with E-state index >= 15 is 0 Å². The van der Waals surface area contributed by atoms with Crippen LogP contribution < -0.4 is 5.32 Å². The fraction of sp³-hybridized carbons (Fsp3) is 1.00. The van der Waals surface area contributed by atoms with Crippen molar-refractivity contribution in [3.05, 3.63) is 0 Å². The first-order valence-corrected chi connectivity index (χ1v) is 5.25. The molecule has 2 unspecified atom stereocenters. The molecule has 1 heterocycles. The Labute approximate surface area is 81.1 Å². The van der Waals surface area contributed by atoms with E-state index in [1.54, 1.807) is 0 Å². The number of aliphatic hydroxyl groups excluding tert-OH is 1. The molecule has 0 aromatic heterocycles. The molecule has 1 rings (SSSR count). The van der Waals surface area contributed by atoms with E-state index in [0.29, 0.717) is 18.1 Å². The Balaban J connectivity index is 2.56. The van der Waals surface area contributed by atoms with Gasteiger partial charge in [-0.15, -0.1) is 0 Å². The van der Waals surface area contributed by atoms with E-state index in [0.717, 1.165) is 13.1 Å². The zero-order chi connectivity index (χ0) is 9.84. The Morgan fingerprint density at radius 2 is 2.23 bits per heavy atom. The Morgan fingerprint density at radius 3 is 2.77 bits per heavy atom. The van der Waals surface area contributed by atoms with Gasteiger partial charge in [-0.1, -0.05) is 0 Å². The second-order valence-corrected chi connectivity index (χ2v) is 4.27. The lowest BCUT2D eigenvalue weighted by Gasteiger charge is -2.31. The van der Waals surface area contributed by atoms with Crippen LogP contribution in [0.15, 0.2) is 0 Å². The lowest BCUT2D eigenvalue weighted by molar-refractivity contribution is 0.105. The van der Waals surface area contributed by atoms with E-state index in [-0.39, 0.29) is 6.61 Å². The average molecular weight is 186 g/mol. The SMILES string of the molecule is CC1CCN(C(C)C)C(CO)CN1. The van der Waals surface area contributed by atoms with Gasteiger partial charge in [0.15, 0.2) is 0 Å². The van der Waals surface area contributed by atoms with Crippen LogP contribution in [0.4, 0.5) is 0 Å². The highest BCUT2D eigenvalue weighted by Gasteiger charge is 2.24. The van der Waals surface area contributed by atoms with Crippen molar-refractivity contribution in [3.8, 4) is 0 Å². The minimum absolute atomic E-state index is 0.262. The fourth-order valence-corrected chi connectivity index (χ4v) is 1.93. The molecule has 0 aromatic rings. The van der Waals surface area contributed by atoms with Gasteiger partial charge in [0.2, 0.25) is 0 Å². The maximum Gasteiger partial charge on any atom is 0.0599 e. The van der Waals surface area contributed by atoms with Gasteiger partial charge >= 0.3 is 0 Å². The zero-order valence-corrected chi connectivity index (χ0v) is 8.95. The molecule has 2 N–H and O–H groups in total. The standard InChI is InChI=1S/C10H22N2O/c1-8(2)12-5-4-9(3)11-6-10(12)7-13/h8-11,13H,4-7H2,1-3H3. The highest BCUT2D eigenvalue weighted by molar-refractivity contribution is 4.82. The van der Waals surface area contributed by atoms with Crippen LogP contribution in [0.1, 0.15) is 27.2 Å². The van der Waals surface area contributed by atoms with Gasteiger partial charge in [-0.25, -0.2) is 0 Å². The third kappa shape index (κ3) is 2.93. The molecule has 13 heavy (non-hydrogen) atoms. The summed E-state index contributed by atoms with van der Waals surface area (Å²) in [5.41, 5.74) is 0. The normalized spacial score (nSPS) is 32.1. The Kier molecular flexibility index (Phi) is 4.16. The molecule has 0 spiro atoms. The third-order valence-electron chi connectivity index (χ3n) is 2.87. The molecule has 1 saturated heterocycles. The van der Waals surface area contributed by atoms with Crippen LogP contribution in [0.2, 0.25) is 0 Å². The minimum atomic E-state index is 0.262. The van der Waals surface area contributed by atoms with Crippen LogP contribution in [0.3, 0.4) is 0 Å². The summed E-state index contributed by atoms with van der Waals surface area (Å²) in [6.07, 6.45) is 1.18. The molecule has 0 radical (unpaired) electrons. The molecule has 1 aliphatic heterocycles.